The lowest BCUT2D eigenvalue weighted by molar-refractivity contribution is -0.130. The first-order valence-electron chi connectivity index (χ1n) is 11.1. The van der Waals surface area contributed by atoms with Crippen molar-refractivity contribution in [1.82, 2.24) is 4.90 Å². The highest BCUT2D eigenvalue weighted by Gasteiger charge is 2.44. The predicted octanol–water partition coefficient (Wildman–Crippen LogP) is 5.55. The fourth-order valence-corrected chi connectivity index (χ4v) is 3.97. The van der Waals surface area contributed by atoms with E-state index in [9.17, 15) is 14.7 Å². The summed E-state index contributed by atoms with van der Waals surface area (Å²) in [5.41, 5.74) is 1.58. The number of carbonyl (C=O) groups is 2. The first-order valence-corrected chi connectivity index (χ1v) is 11.1. The number of hydrogen-bond acceptors (Lipinski definition) is 5. The van der Waals surface area contributed by atoms with Crippen molar-refractivity contribution in [3.8, 4) is 5.75 Å². The highest BCUT2D eigenvalue weighted by molar-refractivity contribution is 6.15. The molecule has 1 unspecified atom stereocenters. The van der Waals surface area contributed by atoms with Gasteiger partial charge in [0.1, 0.15) is 11.5 Å². The molecule has 6 heteroatoms. The molecule has 170 valence electrons. The number of benzene rings is 2. The Morgan fingerprint density at radius 3 is 2.58 bits per heavy atom. The van der Waals surface area contributed by atoms with Crippen LogP contribution in [0.15, 0.2) is 82.5 Å². The molecule has 1 amide bonds. The zero-order chi connectivity index (χ0) is 23.4. The van der Waals surface area contributed by atoms with Gasteiger partial charge < -0.3 is 19.2 Å². The van der Waals surface area contributed by atoms with Crippen LogP contribution < -0.4 is 4.74 Å². The number of aliphatic hydroxyl groups is 1. The average molecular weight is 446 g/mol. The van der Waals surface area contributed by atoms with Gasteiger partial charge in [0.15, 0.2) is 11.5 Å². The zero-order valence-electron chi connectivity index (χ0n) is 18.8. The second kappa shape index (κ2) is 9.77. The van der Waals surface area contributed by atoms with Gasteiger partial charge in [0.2, 0.25) is 5.78 Å². The van der Waals surface area contributed by atoms with Crippen molar-refractivity contribution in [2.45, 2.75) is 39.3 Å². The SMILES string of the molecule is CCCCOc1cccc(C2C(C(=O)c3ccc(C)o3)=C(O)C(=O)N2Cc2ccccc2)c1. The van der Waals surface area contributed by atoms with E-state index < -0.39 is 23.5 Å². The molecule has 0 fully saturated rings. The molecule has 0 aliphatic carbocycles. The van der Waals surface area contributed by atoms with E-state index >= 15 is 0 Å². The third-order valence-electron chi connectivity index (χ3n) is 5.65. The molecule has 1 N–H and O–H groups in total. The smallest absolute Gasteiger partial charge is 0.290 e. The van der Waals surface area contributed by atoms with E-state index in [1.165, 1.54) is 4.90 Å². The van der Waals surface area contributed by atoms with Gasteiger partial charge in [-0.05, 0) is 48.7 Å². The normalized spacial score (nSPS) is 15.9. The van der Waals surface area contributed by atoms with Gasteiger partial charge in [-0.15, -0.1) is 0 Å². The highest BCUT2D eigenvalue weighted by atomic mass is 16.5. The number of rotatable bonds is 9. The Kier molecular flexibility index (Phi) is 6.63. The zero-order valence-corrected chi connectivity index (χ0v) is 18.8. The second-order valence-electron chi connectivity index (χ2n) is 8.10. The molecule has 33 heavy (non-hydrogen) atoms. The lowest BCUT2D eigenvalue weighted by atomic mass is 9.94. The highest BCUT2D eigenvalue weighted by Crippen LogP contribution is 2.41. The van der Waals surface area contributed by atoms with Crippen LogP contribution in [0.4, 0.5) is 0 Å². The lowest BCUT2D eigenvalue weighted by Gasteiger charge is -2.27. The van der Waals surface area contributed by atoms with E-state index in [-0.39, 0.29) is 17.9 Å². The van der Waals surface area contributed by atoms with Crippen molar-refractivity contribution in [2.75, 3.05) is 6.61 Å². The Morgan fingerprint density at radius 1 is 1.09 bits per heavy atom. The monoisotopic (exact) mass is 445 g/mol. The van der Waals surface area contributed by atoms with E-state index in [0.29, 0.717) is 23.7 Å². The summed E-state index contributed by atoms with van der Waals surface area (Å²) < 4.78 is 11.4. The number of carbonyl (C=O) groups excluding carboxylic acids is 2. The fourth-order valence-electron chi connectivity index (χ4n) is 3.97. The molecule has 0 saturated carbocycles. The maximum atomic E-state index is 13.4. The molecule has 2 heterocycles. The van der Waals surface area contributed by atoms with Gasteiger partial charge in [-0.25, -0.2) is 0 Å². The summed E-state index contributed by atoms with van der Waals surface area (Å²) in [4.78, 5) is 28.0. The van der Waals surface area contributed by atoms with Gasteiger partial charge in [0, 0.05) is 6.54 Å². The molecule has 1 atom stereocenters. The summed E-state index contributed by atoms with van der Waals surface area (Å²) in [5, 5.41) is 10.8. The molecular weight excluding hydrogens is 418 g/mol. The van der Waals surface area contributed by atoms with Gasteiger partial charge in [-0.1, -0.05) is 55.8 Å². The Morgan fingerprint density at radius 2 is 1.88 bits per heavy atom. The predicted molar refractivity (Wildman–Crippen MR) is 124 cm³/mol. The number of hydrogen-bond donors (Lipinski definition) is 1. The van der Waals surface area contributed by atoms with Crippen LogP contribution in [0.25, 0.3) is 0 Å². The summed E-state index contributed by atoms with van der Waals surface area (Å²) >= 11 is 0. The third-order valence-corrected chi connectivity index (χ3v) is 5.65. The van der Waals surface area contributed by atoms with Crippen molar-refractivity contribution in [3.63, 3.8) is 0 Å². The van der Waals surface area contributed by atoms with Crippen LogP contribution in [-0.2, 0) is 11.3 Å². The van der Waals surface area contributed by atoms with Crippen molar-refractivity contribution >= 4 is 11.7 Å². The van der Waals surface area contributed by atoms with Crippen LogP contribution in [0.1, 0.15) is 53.2 Å². The van der Waals surface area contributed by atoms with Crippen molar-refractivity contribution in [3.05, 3.63) is 101 Å². The quantitative estimate of drug-likeness (QED) is 0.345. The summed E-state index contributed by atoms with van der Waals surface area (Å²) in [6.45, 7) is 4.65. The molecular formula is C27H27NO5. The maximum Gasteiger partial charge on any atom is 0.290 e. The van der Waals surface area contributed by atoms with Crippen LogP contribution in [0, 0.1) is 6.92 Å². The summed E-state index contributed by atoms with van der Waals surface area (Å²) in [6.07, 6.45) is 1.94. The van der Waals surface area contributed by atoms with E-state index in [1.54, 1.807) is 19.1 Å². The summed E-state index contributed by atoms with van der Waals surface area (Å²) in [7, 11) is 0. The van der Waals surface area contributed by atoms with Crippen molar-refractivity contribution < 1.29 is 23.8 Å². The molecule has 1 aliphatic heterocycles. The molecule has 0 spiro atoms. The molecule has 6 nitrogen and oxygen atoms in total. The van der Waals surface area contributed by atoms with Gasteiger partial charge in [-0.3, -0.25) is 9.59 Å². The lowest BCUT2D eigenvalue weighted by Crippen LogP contribution is -2.30. The fraction of sp³-hybridized carbons (Fsp3) is 0.259. The standard InChI is InChI=1S/C27H27NO5/c1-3-4-15-32-21-12-8-11-20(16-21)24-23(25(29)22-14-13-18(2)33-22)26(30)27(31)28(24)17-19-9-6-5-7-10-19/h5-14,16,24,30H,3-4,15,17H2,1-2H3. The molecule has 0 saturated heterocycles. The molecule has 2 aromatic carbocycles. The minimum absolute atomic E-state index is 0.0102. The Balaban J connectivity index is 1.75. The number of amides is 1. The number of Topliss-reactive ketones (excluding diaryl/α,β-unsaturated/α-hetero) is 1. The molecule has 0 radical (unpaired) electrons. The largest absolute Gasteiger partial charge is 0.503 e. The van der Waals surface area contributed by atoms with E-state index in [4.69, 9.17) is 9.15 Å². The number of aliphatic hydroxyl groups excluding tert-OH is 1. The van der Waals surface area contributed by atoms with Crippen LogP contribution in [0.2, 0.25) is 0 Å². The van der Waals surface area contributed by atoms with E-state index in [1.807, 2.05) is 54.6 Å². The molecule has 4 rings (SSSR count). The summed E-state index contributed by atoms with van der Waals surface area (Å²) in [6, 6.07) is 19.3. The number of ketones is 1. The van der Waals surface area contributed by atoms with Crippen molar-refractivity contribution in [1.29, 1.82) is 0 Å². The minimum atomic E-state index is -0.773. The van der Waals surface area contributed by atoms with Gasteiger partial charge in [0.05, 0.1) is 18.2 Å². The summed E-state index contributed by atoms with van der Waals surface area (Å²) in [5.74, 6) is -0.331. The molecule has 1 aromatic heterocycles. The first-order chi connectivity index (χ1) is 16.0. The molecule has 0 bridgehead atoms. The van der Waals surface area contributed by atoms with Crippen LogP contribution in [-0.4, -0.2) is 28.3 Å². The Labute approximate surface area is 193 Å². The average Bonchev–Trinajstić information content (AvgIpc) is 3.36. The van der Waals surface area contributed by atoms with E-state index in [2.05, 4.69) is 6.92 Å². The number of furan rings is 1. The maximum absolute atomic E-state index is 13.4. The van der Waals surface area contributed by atoms with Gasteiger partial charge >= 0.3 is 0 Å². The second-order valence-corrected chi connectivity index (χ2v) is 8.10. The minimum Gasteiger partial charge on any atom is -0.503 e. The number of nitrogens with zero attached hydrogens (tertiary/aromatic N) is 1. The molecule has 1 aliphatic rings. The number of unbranched alkanes of at least 4 members (excludes halogenated alkanes) is 1. The Bertz CT molecular complexity index is 1180. The first kappa shape index (κ1) is 22.4. The van der Waals surface area contributed by atoms with Gasteiger partial charge in [-0.2, -0.15) is 0 Å². The van der Waals surface area contributed by atoms with E-state index in [0.717, 1.165) is 18.4 Å². The van der Waals surface area contributed by atoms with Crippen LogP contribution in [0.3, 0.4) is 0 Å². The number of aryl methyl sites for hydroxylation is 1. The van der Waals surface area contributed by atoms with Crippen LogP contribution in [0.5, 0.6) is 5.75 Å². The topological polar surface area (TPSA) is 80.0 Å². The van der Waals surface area contributed by atoms with Crippen molar-refractivity contribution in [2.24, 2.45) is 0 Å². The number of ether oxygens (including phenoxy) is 1. The molecule has 3 aromatic rings. The third kappa shape index (κ3) is 4.70. The van der Waals surface area contributed by atoms with Crippen LogP contribution >= 0.6 is 0 Å². The Hall–Kier alpha value is -3.80. The van der Waals surface area contributed by atoms with Gasteiger partial charge in [0.25, 0.3) is 5.91 Å².